The van der Waals surface area contributed by atoms with Crippen LogP contribution < -0.4 is 10.1 Å². The summed E-state index contributed by atoms with van der Waals surface area (Å²) in [6.07, 6.45) is -0.686. The lowest BCUT2D eigenvalue weighted by Gasteiger charge is -2.42. The highest BCUT2D eigenvalue weighted by Gasteiger charge is 2.43. The lowest BCUT2D eigenvalue weighted by Crippen LogP contribution is -2.60. The zero-order valence-corrected chi connectivity index (χ0v) is 22.5. The summed E-state index contributed by atoms with van der Waals surface area (Å²) in [6, 6.07) is 11.8. The third-order valence-corrected chi connectivity index (χ3v) is 6.25. The zero-order chi connectivity index (χ0) is 26.6. The van der Waals surface area contributed by atoms with E-state index in [2.05, 4.69) is 5.32 Å². The number of ether oxygens (including phenoxy) is 2. The Kier molecular flexibility index (Phi) is 8.74. The second-order valence-electron chi connectivity index (χ2n) is 9.57. The van der Waals surface area contributed by atoms with Gasteiger partial charge in [-0.1, -0.05) is 35.3 Å². The van der Waals surface area contributed by atoms with Crippen molar-refractivity contribution in [1.82, 2.24) is 9.80 Å². The van der Waals surface area contributed by atoms with Gasteiger partial charge in [-0.2, -0.15) is 0 Å². The van der Waals surface area contributed by atoms with Gasteiger partial charge in [-0.05, 0) is 63.6 Å². The van der Waals surface area contributed by atoms with Crippen molar-refractivity contribution in [3.05, 3.63) is 58.1 Å². The molecule has 194 valence electrons. The molecule has 0 aromatic heterocycles. The van der Waals surface area contributed by atoms with Gasteiger partial charge in [-0.3, -0.25) is 19.4 Å². The molecule has 0 aliphatic carbocycles. The number of amides is 3. The van der Waals surface area contributed by atoms with E-state index in [-0.39, 0.29) is 25.6 Å². The Bertz CT molecular complexity index is 1120. The lowest BCUT2D eigenvalue weighted by atomic mass is 9.92. The molecule has 3 amide bonds. The van der Waals surface area contributed by atoms with Crippen LogP contribution in [0.5, 0.6) is 5.75 Å². The summed E-state index contributed by atoms with van der Waals surface area (Å²) in [4.78, 5) is 41.6. The van der Waals surface area contributed by atoms with Crippen molar-refractivity contribution in [2.75, 3.05) is 19.0 Å². The molecule has 1 aliphatic heterocycles. The van der Waals surface area contributed by atoms with E-state index in [0.717, 1.165) is 10.5 Å². The minimum absolute atomic E-state index is 0.00154. The highest BCUT2D eigenvalue weighted by atomic mass is 35.5. The highest BCUT2D eigenvalue weighted by Crippen LogP contribution is 2.31. The molecule has 2 aromatic rings. The fourth-order valence-electron chi connectivity index (χ4n) is 3.90. The van der Waals surface area contributed by atoms with E-state index in [9.17, 15) is 14.4 Å². The number of benzene rings is 2. The first-order valence-corrected chi connectivity index (χ1v) is 12.3. The molecule has 10 heteroatoms. The first-order valence-electron chi connectivity index (χ1n) is 11.6. The van der Waals surface area contributed by atoms with Gasteiger partial charge in [0.1, 0.15) is 11.9 Å². The van der Waals surface area contributed by atoms with Gasteiger partial charge in [0.2, 0.25) is 5.91 Å². The normalized spacial score (nSPS) is 16.4. The van der Waals surface area contributed by atoms with Crippen molar-refractivity contribution in [3.63, 3.8) is 0 Å². The van der Waals surface area contributed by atoms with E-state index in [0.29, 0.717) is 21.5 Å². The molecule has 1 atom stereocenters. The van der Waals surface area contributed by atoms with Crippen LogP contribution in [0, 0.1) is 5.41 Å². The largest absolute Gasteiger partial charge is 0.489 e. The average Bonchev–Trinajstić information content (AvgIpc) is 2.81. The van der Waals surface area contributed by atoms with Gasteiger partial charge in [-0.25, -0.2) is 4.79 Å². The number of esters is 1. The van der Waals surface area contributed by atoms with Gasteiger partial charge < -0.3 is 14.8 Å². The number of hydrogen-bond donors (Lipinski definition) is 1. The second-order valence-corrected chi connectivity index (χ2v) is 10.4. The summed E-state index contributed by atoms with van der Waals surface area (Å²) in [5.74, 6) is -0.360. The SMILES string of the molecule is COC(=O)C(C)(C)CN1C(=O)CC(Nc2ccc(OC(C)C)c(Cl)c2)N(Cc2ccc(Cl)cc2)C1=O. The first-order chi connectivity index (χ1) is 16.9. The fraction of sp³-hybridized carbons (Fsp3) is 0.423. The van der Waals surface area contributed by atoms with E-state index in [4.69, 9.17) is 32.7 Å². The van der Waals surface area contributed by atoms with Gasteiger partial charge in [0.25, 0.3) is 0 Å². The number of hydrogen-bond acceptors (Lipinski definition) is 6. The Labute approximate surface area is 221 Å². The number of methoxy groups -OCH3 is 1. The molecule has 1 unspecified atom stereocenters. The summed E-state index contributed by atoms with van der Waals surface area (Å²) in [7, 11) is 1.28. The monoisotopic (exact) mass is 535 g/mol. The number of urea groups is 1. The smallest absolute Gasteiger partial charge is 0.328 e. The Hall–Kier alpha value is -2.97. The second kappa shape index (κ2) is 11.4. The maximum Gasteiger partial charge on any atom is 0.328 e. The summed E-state index contributed by atoms with van der Waals surface area (Å²) < 4.78 is 10.5. The molecule has 0 saturated carbocycles. The molecule has 1 aliphatic rings. The zero-order valence-electron chi connectivity index (χ0n) is 21.0. The van der Waals surface area contributed by atoms with Crippen molar-refractivity contribution in [3.8, 4) is 5.75 Å². The van der Waals surface area contributed by atoms with Crippen molar-refractivity contribution in [2.45, 2.75) is 52.9 Å². The van der Waals surface area contributed by atoms with Crippen LogP contribution in [0.2, 0.25) is 10.0 Å². The molecule has 8 nitrogen and oxygen atoms in total. The van der Waals surface area contributed by atoms with Crippen LogP contribution in [0.4, 0.5) is 10.5 Å². The number of anilines is 1. The Morgan fingerprint density at radius 3 is 2.39 bits per heavy atom. The molecule has 2 aromatic carbocycles. The molecule has 1 saturated heterocycles. The number of nitrogens with zero attached hydrogens (tertiary/aromatic N) is 2. The van der Waals surface area contributed by atoms with Crippen LogP contribution in [0.15, 0.2) is 42.5 Å². The number of carbonyl (C=O) groups is 3. The number of halogens is 2. The molecule has 1 N–H and O–H groups in total. The third-order valence-electron chi connectivity index (χ3n) is 5.71. The molecular formula is C26H31Cl2N3O5. The van der Waals surface area contributed by atoms with Gasteiger partial charge in [0, 0.05) is 23.8 Å². The van der Waals surface area contributed by atoms with Crippen LogP contribution in [0.3, 0.4) is 0 Å². The van der Waals surface area contributed by atoms with E-state index in [1.54, 1.807) is 49.1 Å². The van der Waals surface area contributed by atoms with Gasteiger partial charge >= 0.3 is 12.0 Å². The van der Waals surface area contributed by atoms with Crippen molar-refractivity contribution in [1.29, 1.82) is 0 Å². The van der Waals surface area contributed by atoms with E-state index >= 15 is 0 Å². The van der Waals surface area contributed by atoms with E-state index in [1.165, 1.54) is 7.11 Å². The fourth-order valence-corrected chi connectivity index (χ4v) is 4.25. The predicted molar refractivity (Wildman–Crippen MR) is 139 cm³/mol. The molecule has 1 fully saturated rings. The minimum atomic E-state index is -1.06. The van der Waals surface area contributed by atoms with Crippen LogP contribution in [-0.4, -0.2) is 53.6 Å². The van der Waals surface area contributed by atoms with Crippen molar-refractivity contribution < 1.29 is 23.9 Å². The maximum absolute atomic E-state index is 13.6. The average molecular weight is 536 g/mol. The van der Waals surface area contributed by atoms with Gasteiger partial charge in [0.05, 0.1) is 30.1 Å². The van der Waals surface area contributed by atoms with Crippen LogP contribution in [-0.2, 0) is 20.9 Å². The summed E-state index contributed by atoms with van der Waals surface area (Å²) in [6.45, 7) is 7.20. The predicted octanol–water partition coefficient (Wildman–Crippen LogP) is 5.57. The van der Waals surface area contributed by atoms with Crippen molar-refractivity contribution in [2.24, 2.45) is 5.41 Å². The summed E-state index contributed by atoms with van der Waals surface area (Å²) in [5, 5.41) is 4.25. The number of nitrogens with one attached hydrogen (secondary N) is 1. The molecule has 0 spiro atoms. The molecular weight excluding hydrogens is 505 g/mol. The van der Waals surface area contributed by atoms with Gasteiger partial charge in [-0.15, -0.1) is 0 Å². The Morgan fingerprint density at radius 1 is 1.14 bits per heavy atom. The highest BCUT2D eigenvalue weighted by molar-refractivity contribution is 6.32. The van der Waals surface area contributed by atoms with Crippen LogP contribution in [0.25, 0.3) is 0 Å². The molecule has 1 heterocycles. The van der Waals surface area contributed by atoms with E-state index < -0.39 is 29.5 Å². The molecule has 3 rings (SSSR count). The lowest BCUT2D eigenvalue weighted by molar-refractivity contribution is -0.152. The number of carbonyl (C=O) groups excluding carboxylic acids is 3. The quantitative estimate of drug-likeness (QED) is 0.422. The third kappa shape index (κ3) is 6.62. The van der Waals surface area contributed by atoms with Crippen LogP contribution in [0.1, 0.15) is 39.7 Å². The molecule has 0 bridgehead atoms. The van der Waals surface area contributed by atoms with Crippen LogP contribution >= 0.6 is 23.2 Å². The van der Waals surface area contributed by atoms with E-state index in [1.807, 2.05) is 26.0 Å². The first kappa shape index (κ1) is 27.6. The number of imide groups is 1. The summed E-state index contributed by atoms with van der Waals surface area (Å²) >= 11 is 12.4. The molecule has 36 heavy (non-hydrogen) atoms. The number of rotatable bonds is 9. The Balaban J connectivity index is 1.89. The minimum Gasteiger partial charge on any atom is -0.489 e. The standard InChI is InChI=1S/C26H31Cl2N3O5/c1-16(2)36-21-11-10-19(12-20(21)28)29-22-13-23(32)31(15-26(3,4)24(33)35-5)25(34)30(22)14-17-6-8-18(27)9-7-17/h6-12,16,22,29H,13-15H2,1-5H3. The Morgan fingerprint density at radius 2 is 1.81 bits per heavy atom. The molecule has 0 radical (unpaired) electrons. The van der Waals surface area contributed by atoms with Gasteiger partial charge in [0.15, 0.2) is 0 Å². The van der Waals surface area contributed by atoms with Crippen molar-refractivity contribution >= 4 is 46.8 Å². The topological polar surface area (TPSA) is 88.2 Å². The maximum atomic E-state index is 13.6. The summed E-state index contributed by atoms with van der Waals surface area (Å²) in [5.41, 5.74) is 0.400.